The Bertz CT molecular complexity index is 1280. The maximum Gasteiger partial charge on any atom is 0.420 e. The molecule has 0 unspecified atom stereocenters. The fourth-order valence-corrected chi connectivity index (χ4v) is 2.96. The summed E-state index contributed by atoms with van der Waals surface area (Å²) >= 11 is 0. The number of hydrogen-bond donors (Lipinski definition) is 0. The second-order valence-corrected chi connectivity index (χ2v) is 5.87. The van der Waals surface area contributed by atoms with Gasteiger partial charge in [0.15, 0.2) is 17.1 Å². The van der Waals surface area contributed by atoms with Gasteiger partial charge in [0.25, 0.3) is 0 Å². The molecule has 9 nitrogen and oxygen atoms in total. The molecule has 1 aromatic carbocycles. The van der Waals surface area contributed by atoms with Gasteiger partial charge in [0.05, 0.1) is 18.3 Å². The van der Waals surface area contributed by atoms with Gasteiger partial charge in [-0.25, -0.2) is 9.48 Å². The van der Waals surface area contributed by atoms with Gasteiger partial charge in [0, 0.05) is 6.20 Å². The summed E-state index contributed by atoms with van der Waals surface area (Å²) in [7, 11) is 0. The zero-order valence-electron chi connectivity index (χ0n) is 13.6. The fraction of sp³-hybridized carbons (Fsp3) is 0.118. The van der Waals surface area contributed by atoms with Crippen LogP contribution in [0.4, 0.5) is 0 Å². The van der Waals surface area contributed by atoms with Crippen molar-refractivity contribution in [2.45, 2.75) is 13.1 Å². The Morgan fingerprint density at radius 3 is 2.81 bits per heavy atom. The molecule has 0 amide bonds. The monoisotopic (exact) mass is 347 g/mol. The molecular weight excluding hydrogens is 334 g/mol. The van der Waals surface area contributed by atoms with Crippen LogP contribution in [0, 0.1) is 0 Å². The molecular formula is C17H13N7O2. The zero-order chi connectivity index (χ0) is 17.5. The van der Waals surface area contributed by atoms with Gasteiger partial charge in [-0.1, -0.05) is 23.4 Å². The normalized spacial score (nSPS) is 11.5. The SMILES string of the molecule is O=c1oc2ccccc2n1Cc1cn(Cc2nnc3ccccn23)nn1. The molecule has 0 N–H and O–H groups in total. The average Bonchev–Trinajstić information content (AvgIpc) is 3.35. The van der Waals surface area contributed by atoms with Gasteiger partial charge in [-0.2, -0.15) is 0 Å². The third-order valence-electron chi connectivity index (χ3n) is 4.17. The first-order valence-corrected chi connectivity index (χ1v) is 8.04. The van der Waals surface area contributed by atoms with Crippen LogP contribution in [-0.4, -0.2) is 34.2 Å². The maximum absolute atomic E-state index is 12.1. The molecule has 0 aliphatic carbocycles. The van der Waals surface area contributed by atoms with Gasteiger partial charge < -0.3 is 4.42 Å². The molecule has 0 saturated carbocycles. The van der Waals surface area contributed by atoms with E-state index in [0.717, 1.165) is 17.0 Å². The number of fused-ring (bicyclic) bond motifs is 2. The van der Waals surface area contributed by atoms with Gasteiger partial charge >= 0.3 is 5.76 Å². The second-order valence-electron chi connectivity index (χ2n) is 5.87. The van der Waals surface area contributed by atoms with Crippen molar-refractivity contribution in [3.63, 3.8) is 0 Å². The topological polar surface area (TPSA) is 96.0 Å². The molecule has 0 radical (unpaired) electrons. The minimum Gasteiger partial charge on any atom is -0.408 e. The van der Waals surface area contributed by atoms with Crippen molar-refractivity contribution in [1.29, 1.82) is 0 Å². The van der Waals surface area contributed by atoms with Crippen molar-refractivity contribution in [1.82, 2.24) is 34.2 Å². The molecule has 4 heterocycles. The van der Waals surface area contributed by atoms with E-state index in [1.165, 1.54) is 4.57 Å². The number of pyridine rings is 1. The Kier molecular flexibility index (Phi) is 3.17. The number of rotatable bonds is 4. The number of aromatic nitrogens is 7. The van der Waals surface area contributed by atoms with Gasteiger partial charge in [0.1, 0.15) is 12.2 Å². The van der Waals surface area contributed by atoms with Crippen molar-refractivity contribution in [2.75, 3.05) is 0 Å². The molecule has 0 spiro atoms. The first-order chi connectivity index (χ1) is 12.8. The van der Waals surface area contributed by atoms with Crippen LogP contribution in [0.2, 0.25) is 0 Å². The highest BCUT2D eigenvalue weighted by Crippen LogP contribution is 2.13. The lowest BCUT2D eigenvalue weighted by atomic mass is 10.3. The Morgan fingerprint density at radius 2 is 1.85 bits per heavy atom. The van der Waals surface area contributed by atoms with E-state index in [1.807, 2.05) is 47.0 Å². The molecule has 26 heavy (non-hydrogen) atoms. The minimum atomic E-state index is -0.413. The van der Waals surface area contributed by atoms with E-state index < -0.39 is 5.76 Å². The zero-order valence-corrected chi connectivity index (χ0v) is 13.6. The van der Waals surface area contributed by atoms with E-state index >= 15 is 0 Å². The number of nitrogens with zero attached hydrogens (tertiary/aromatic N) is 7. The molecule has 0 aliphatic heterocycles. The van der Waals surface area contributed by atoms with E-state index in [9.17, 15) is 4.79 Å². The number of oxazole rings is 1. The molecule has 4 aromatic heterocycles. The quantitative estimate of drug-likeness (QED) is 0.486. The summed E-state index contributed by atoms with van der Waals surface area (Å²) in [5.74, 6) is 0.340. The van der Waals surface area contributed by atoms with Crippen LogP contribution in [0.15, 0.2) is 64.1 Å². The minimum absolute atomic E-state index is 0.288. The summed E-state index contributed by atoms with van der Waals surface area (Å²) < 4.78 is 10.4. The van der Waals surface area contributed by atoms with Crippen LogP contribution in [0.5, 0.6) is 0 Å². The maximum atomic E-state index is 12.1. The van der Waals surface area contributed by atoms with Gasteiger partial charge in [-0.05, 0) is 24.3 Å². The molecule has 0 bridgehead atoms. The lowest BCUT2D eigenvalue weighted by Gasteiger charge is -1.99. The molecule has 9 heteroatoms. The van der Waals surface area contributed by atoms with Gasteiger partial charge in [-0.3, -0.25) is 8.97 Å². The summed E-state index contributed by atoms with van der Waals surface area (Å²) in [6, 6.07) is 13.0. The summed E-state index contributed by atoms with van der Waals surface area (Å²) in [5, 5.41) is 16.6. The van der Waals surface area contributed by atoms with Crippen LogP contribution in [0.1, 0.15) is 11.5 Å². The van der Waals surface area contributed by atoms with Crippen LogP contribution in [0.25, 0.3) is 16.7 Å². The summed E-state index contributed by atoms with van der Waals surface area (Å²) in [6.45, 7) is 0.718. The number of para-hydroxylation sites is 2. The van der Waals surface area contributed by atoms with E-state index in [0.29, 0.717) is 17.8 Å². The molecule has 5 aromatic rings. The summed E-state index contributed by atoms with van der Waals surface area (Å²) in [5.41, 5.74) is 2.72. The fourth-order valence-electron chi connectivity index (χ4n) is 2.96. The molecule has 128 valence electrons. The third kappa shape index (κ3) is 2.37. The Hall–Kier alpha value is -3.75. The van der Waals surface area contributed by atoms with Crippen LogP contribution < -0.4 is 5.76 Å². The summed E-state index contributed by atoms with van der Waals surface area (Å²) in [4.78, 5) is 12.1. The third-order valence-corrected chi connectivity index (χ3v) is 4.17. The highest BCUT2D eigenvalue weighted by Gasteiger charge is 2.12. The van der Waals surface area contributed by atoms with E-state index in [1.54, 1.807) is 16.9 Å². The lowest BCUT2D eigenvalue weighted by molar-refractivity contribution is 0.516. The predicted molar refractivity (Wildman–Crippen MR) is 91.7 cm³/mol. The molecule has 0 aliphatic rings. The largest absolute Gasteiger partial charge is 0.420 e. The van der Waals surface area contributed by atoms with Crippen molar-refractivity contribution in [3.8, 4) is 0 Å². The average molecular weight is 347 g/mol. The van der Waals surface area contributed by atoms with E-state index in [4.69, 9.17) is 4.42 Å². The number of benzene rings is 1. The summed E-state index contributed by atoms with van der Waals surface area (Å²) in [6.07, 6.45) is 3.69. The van der Waals surface area contributed by atoms with Crippen LogP contribution in [-0.2, 0) is 13.1 Å². The van der Waals surface area contributed by atoms with Crippen molar-refractivity contribution >= 4 is 16.7 Å². The molecule has 0 atom stereocenters. The molecule has 0 saturated heterocycles. The Morgan fingerprint density at radius 1 is 0.962 bits per heavy atom. The van der Waals surface area contributed by atoms with Gasteiger partial charge in [0.2, 0.25) is 0 Å². The highest BCUT2D eigenvalue weighted by atomic mass is 16.4. The van der Waals surface area contributed by atoms with Crippen molar-refractivity contribution in [3.05, 3.63) is 76.9 Å². The smallest absolute Gasteiger partial charge is 0.408 e. The Balaban J connectivity index is 1.43. The van der Waals surface area contributed by atoms with Crippen molar-refractivity contribution < 1.29 is 4.42 Å². The standard InChI is InChI=1S/C17H13N7O2/c25-17-24(13-5-1-2-6-14(13)26-17)10-12-9-22(21-18-12)11-16-20-19-15-7-3-4-8-23(15)16/h1-9H,10-11H2. The Labute approximate surface area is 146 Å². The van der Waals surface area contributed by atoms with Crippen LogP contribution in [0.3, 0.4) is 0 Å². The second kappa shape index (κ2) is 5.66. The first kappa shape index (κ1) is 14.6. The van der Waals surface area contributed by atoms with Crippen molar-refractivity contribution in [2.24, 2.45) is 0 Å². The van der Waals surface area contributed by atoms with Crippen LogP contribution >= 0.6 is 0 Å². The predicted octanol–water partition coefficient (Wildman–Crippen LogP) is 1.33. The number of hydrogen-bond acceptors (Lipinski definition) is 6. The van der Waals surface area contributed by atoms with E-state index in [-0.39, 0.29) is 6.54 Å². The van der Waals surface area contributed by atoms with Gasteiger partial charge in [-0.15, -0.1) is 15.3 Å². The highest BCUT2D eigenvalue weighted by molar-refractivity contribution is 5.72. The molecule has 0 fully saturated rings. The first-order valence-electron chi connectivity index (χ1n) is 8.04. The lowest BCUT2D eigenvalue weighted by Crippen LogP contribution is -2.15. The van der Waals surface area contributed by atoms with E-state index in [2.05, 4.69) is 20.5 Å². The molecule has 5 rings (SSSR count).